The van der Waals surface area contributed by atoms with Gasteiger partial charge in [-0.05, 0) is 24.6 Å². The van der Waals surface area contributed by atoms with Gasteiger partial charge < -0.3 is 16.0 Å². The number of nitrogens with zero attached hydrogens (tertiary/aromatic N) is 3. The number of nitrogen functional groups attached to an aromatic ring is 1. The molecule has 1 heterocycles. The van der Waals surface area contributed by atoms with Gasteiger partial charge in [0, 0.05) is 14.1 Å². The predicted octanol–water partition coefficient (Wildman–Crippen LogP) is 2.23. The Morgan fingerprint density at radius 1 is 1.43 bits per heavy atom. The van der Waals surface area contributed by atoms with Crippen LogP contribution in [0.15, 0.2) is 22.5 Å². The number of hydrogen-bond acceptors (Lipinski definition) is 7. The van der Waals surface area contributed by atoms with Crippen LogP contribution in [0.3, 0.4) is 0 Å². The number of carbonyl (C=O) groups is 1. The molecule has 3 N–H and O–H groups in total. The molecule has 6 nitrogen and oxygen atoms in total. The van der Waals surface area contributed by atoms with Crippen LogP contribution < -0.4 is 16.0 Å². The molecular weight excluding hydrogens is 306 g/mol. The van der Waals surface area contributed by atoms with Crippen molar-refractivity contribution >= 4 is 45.5 Å². The molecule has 0 aliphatic heterocycles. The van der Waals surface area contributed by atoms with E-state index in [1.165, 1.54) is 23.1 Å². The molecule has 0 saturated carbocycles. The van der Waals surface area contributed by atoms with Crippen molar-refractivity contribution in [2.45, 2.75) is 11.3 Å². The number of rotatable bonds is 5. The molecule has 0 spiro atoms. The lowest BCUT2D eigenvalue weighted by atomic mass is 10.2. The first-order chi connectivity index (χ1) is 9.95. The lowest BCUT2D eigenvalue weighted by molar-refractivity contribution is -0.113. The molecule has 0 saturated heterocycles. The van der Waals surface area contributed by atoms with E-state index in [4.69, 9.17) is 5.73 Å². The predicted molar refractivity (Wildman–Crippen MR) is 89.2 cm³/mol. The van der Waals surface area contributed by atoms with Gasteiger partial charge in [-0.2, -0.15) is 0 Å². The maximum atomic E-state index is 11.9. The van der Waals surface area contributed by atoms with E-state index >= 15 is 0 Å². The van der Waals surface area contributed by atoms with Crippen molar-refractivity contribution < 1.29 is 4.79 Å². The normalized spacial score (nSPS) is 10.4. The number of hydrogen-bond donors (Lipinski definition) is 2. The highest BCUT2D eigenvalue weighted by Crippen LogP contribution is 2.27. The van der Waals surface area contributed by atoms with E-state index in [-0.39, 0.29) is 11.7 Å². The first-order valence-corrected chi connectivity index (χ1v) is 8.05. The zero-order chi connectivity index (χ0) is 15.4. The number of amides is 1. The number of anilines is 3. The van der Waals surface area contributed by atoms with E-state index < -0.39 is 0 Å². The standard InChI is InChI=1S/C13H17N5OS2/c1-8-4-5-10(9(14)6-8)15-11(19)7-20-13-17-16-12(21-13)18(2)3/h4-6H,7,14H2,1-3H3,(H,15,19). The smallest absolute Gasteiger partial charge is 0.234 e. The van der Waals surface area contributed by atoms with Gasteiger partial charge in [0.25, 0.3) is 0 Å². The molecule has 0 unspecified atom stereocenters. The van der Waals surface area contributed by atoms with E-state index in [0.29, 0.717) is 11.4 Å². The zero-order valence-corrected chi connectivity index (χ0v) is 13.7. The van der Waals surface area contributed by atoms with Crippen LogP contribution in [-0.2, 0) is 4.79 Å². The van der Waals surface area contributed by atoms with Crippen molar-refractivity contribution in [3.05, 3.63) is 23.8 Å². The van der Waals surface area contributed by atoms with Gasteiger partial charge in [-0.25, -0.2) is 0 Å². The minimum Gasteiger partial charge on any atom is -0.397 e. The monoisotopic (exact) mass is 323 g/mol. The fourth-order valence-electron chi connectivity index (χ4n) is 1.55. The number of thioether (sulfide) groups is 1. The van der Waals surface area contributed by atoms with Crippen LogP contribution in [0.5, 0.6) is 0 Å². The zero-order valence-electron chi connectivity index (χ0n) is 12.1. The van der Waals surface area contributed by atoms with Crippen LogP contribution in [0.1, 0.15) is 5.56 Å². The van der Waals surface area contributed by atoms with Crippen molar-refractivity contribution in [1.82, 2.24) is 10.2 Å². The fourth-order valence-corrected chi connectivity index (χ4v) is 3.11. The summed E-state index contributed by atoms with van der Waals surface area (Å²) in [6, 6.07) is 5.55. The van der Waals surface area contributed by atoms with E-state index in [0.717, 1.165) is 15.0 Å². The summed E-state index contributed by atoms with van der Waals surface area (Å²) < 4.78 is 0.769. The highest BCUT2D eigenvalue weighted by Gasteiger charge is 2.10. The van der Waals surface area contributed by atoms with E-state index in [9.17, 15) is 4.79 Å². The molecule has 112 valence electrons. The van der Waals surface area contributed by atoms with Crippen LogP contribution in [0.25, 0.3) is 0 Å². The molecule has 2 aromatic rings. The third-order valence-corrected chi connectivity index (χ3v) is 4.81. The molecule has 21 heavy (non-hydrogen) atoms. The average molecular weight is 323 g/mol. The Labute approximate surface area is 131 Å². The van der Waals surface area contributed by atoms with Gasteiger partial charge in [-0.15, -0.1) is 10.2 Å². The number of nitrogens with one attached hydrogen (secondary N) is 1. The fraction of sp³-hybridized carbons (Fsp3) is 0.308. The molecule has 1 aromatic carbocycles. The lowest BCUT2D eigenvalue weighted by Crippen LogP contribution is -2.15. The molecule has 1 amide bonds. The number of aromatic nitrogens is 2. The summed E-state index contributed by atoms with van der Waals surface area (Å²) in [6.45, 7) is 1.95. The van der Waals surface area contributed by atoms with Crippen LogP contribution in [0.4, 0.5) is 16.5 Å². The van der Waals surface area contributed by atoms with Gasteiger partial charge in [0.15, 0.2) is 4.34 Å². The summed E-state index contributed by atoms with van der Waals surface area (Å²) in [5, 5.41) is 11.7. The maximum Gasteiger partial charge on any atom is 0.234 e. The Bertz CT molecular complexity index is 641. The minimum atomic E-state index is -0.114. The molecular formula is C13H17N5OS2. The van der Waals surface area contributed by atoms with Crippen molar-refractivity contribution in [1.29, 1.82) is 0 Å². The second kappa shape index (κ2) is 6.77. The molecule has 1 aromatic heterocycles. The molecule has 8 heteroatoms. The summed E-state index contributed by atoms with van der Waals surface area (Å²) >= 11 is 2.82. The van der Waals surface area contributed by atoms with E-state index in [2.05, 4.69) is 15.5 Å². The largest absolute Gasteiger partial charge is 0.397 e. The molecule has 0 atom stereocenters. The first kappa shape index (κ1) is 15.6. The summed E-state index contributed by atoms with van der Waals surface area (Å²) in [5.41, 5.74) is 8.13. The van der Waals surface area contributed by atoms with Gasteiger partial charge in [-0.1, -0.05) is 29.2 Å². The Morgan fingerprint density at radius 3 is 2.81 bits per heavy atom. The molecule has 0 bridgehead atoms. The van der Waals surface area contributed by atoms with Gasteiger partial charge in [-0.3, -0.25) is 4.79 Å². The van der Waals surface area contributed by atoms with Crippen LogP contribution in [0.2, 0.25) is 0 Å². The highest BCUT2D eigenvalue weighted by molar-refractivity contribution is 8.01. The maximum absolute atomic E-state index is 11.9. The number of nitrogens with two attached hydrogens (primary N) is 1. The van der Waals surface area contributed by atoms with Crippen molar-refractivity contribution in [2.75, 3.05) is 35.8 Å². The van der Waals surface area contributed by atoms with Crippen molar-refractivity contribution in [2.24, 2.45) is 0 Å². The van der Waals surface area contributed by atoms with Gasteiger partial charge >= 0.3 is 0 Å². The second-order valence-electron chi connectivity index (χ2n) is 4.67. The Morgan fingerprint density at radius 2 is 2.19 bits per heavy atom. The Kier molecular flexibility index (Phi) is 5.03. The highest BCUT2D eigenvalue weighted by atomic mass is 32.2. The minimum absolute atomic E-state index is 0.114. The van der Waals surface area contributed by atoms with E-state index in [1.807, 2.05) is 44.1 Å². The van der Waals surface area contributed by atoms with Crippen LogP contribution >= 0.6 is 23.1 Å². The Hall–Kier alpha value is -1.80. The van der Waals surface area contributed by atoms with Crippen LogP contribution in [-0.4, -0.2) is 36.0 Å². The Balaban J connectivity index is 1.89. The quantitative estimate of drug-likeness (QED) is 0.648. The van der Waals surface area contributed by atoms with E-state index in [1.54, 1.807) is 0 Å². The second-order valence-corrected chi connectivity index (χ2v) is 6.85. The molecule has 0 aliphatic rings. The van der Waals surface area contributed by atoms with Crippen molar-refractivity contribution in [3.8, 4) is 0 Å². The van der Waals surface area contributed by atoms with Gasteiger partial charge in [0.1, 0.15) is 0 Å². The summed E-state index contributed by atoms with van der Waals surface area (Å²) in [4.78, 5) is 13.8. The third-order valence-electron chi connectivity index (χ3n) is 2.59. The van der Waals surface area contributed by atoms with Crippen molar-refractivity contribution in [3.63, 3.8) is 0 Å². The topological polar surface area (TPSA) is 84.1 Å². The number of carbonyl (C=O) groups excluding carboxylic acids is 1. The first-order valence-electron chi connectivity index (χ1n) is 6.25. The molecule has 2 rings (SSSR count). The van der Waals surface area contributed by atoms with Gasteiger partial charge in [0.2, 0.25) is 11.0 Å². The average Bonchev–Trinajstić information content (AvgIpc) is 2.89. The molecule has 0 aliphatic carbocycles. The SMILES string of the molecule is Cc1ccc(NC(=O)CSc2nnc(N(C)C)s2)c(N)c1. The number of aryl methyl sites for hydroxylation is 1. The molecule has 0 fully saturated rings. The molecule has 0 radical (unpaired) electrons. The summed E-state index contributed by atoms with van der Waals surface area (Å²) in [7, 11) is 3.81. The number of benzene rings is 1. The summed E-state index contributed by atoms with van der Waals surface area (Å²) in [5.74, 6) is 0.159. The third kappa shape index (κ3) is 4.33. The summed E-state index contributed by atoms with van der Waals surface area (Å²) in [6.07, 6.45) is 0. The lowest BCUT2D eigenvalue weighted by Gasteiger charge is -2.08. The van der Waals surface area contributed by atoms with Gasteiger partial charge in [0.05, 0.1) is 17.1 Å². The van der Waals surface area contributed by atoms with Crippen LogP contribution in [0, 0.1) is 6.92 Å².